The average molecular weight is 262 g/mol. The number of rotatable bonds is 0. The van der Waals surface area contributed by atoms with Crippen LogP contribution >= 0.6 is 0 Å². The van der Waals surface area contributed by atoms with Crippen LogP contribution in [0.15, 0.2) is 11.1 Å². The van der Waals surface area contributed by atoms with Gasteiger partial charge in [0.25, 0.3) is 0 Å². The maximum atomic E-state index is 12.9. The van der Waals surface area contributed by atoms with Crippen molar-refractivity contribution in [3.05, 3.63) is 11.1 Å². The lowest BCUT2D eigenvalue weighted by molar-refractivity contribution is -0.177. The number of hydrogen-bond donors (Lipinski definition) is 0. The quantitative estimate of drug-likeness (QED) is 0.488. The maximum absolute atomic E-state index is 12.9. The summed E-state index contributed by atoms with van der Waals surface area (Å²) in [5.41, 5.74) is 2.05. The zero-order chi connectivity index (χ0) is 14.4. The lowest BCUT2D eigenvalue weighted by Gasteiger charge is -2.40. The van der Waals surface area contributed by atoms with Crippen LogP contribution in [0.5, 0.6) is 0 Å². The molecule has 0 aromatic heterocycles. The third kappa shape index (κ3) is 3.52. The Morgan fingerprint density at radius 3 is 1.61 bits per heavy atom. The summed E-state index contributed by atoms with van der Waals surface area (Å²) in [6.07, 6.45) is -3.05. The van der Waals surface area contributed by atoms with Gasteiger partial charge in [-0.3, -0.25) is 0 Å². The molecule has 0 saturated heterocycles. The Balaban J connectivity index is 3.16. The smallest absolute Gasteiger partial charge is 0.171 e. The van der Waals surface area contributed by atoms with E-state index in [-0.39, 0.29) is 23.7 Å². The van der Waals surface area contributed by atoms with Crippen LogP contribution in [0.2, 0.25) is 0 Å². The van der Waals surface area contributed by atoms with Crippen molar-refractivity contribution in [1.82, 2.24) is 0 Å². The van der Waals surface area contributed by atoms with Crippen LogP contribution in [0.25, 0.3) is 0 Å². The first kappa shape index (κ1) is 15.6. The van der Waals surface area contributed by atoms with Crippen LogP contribution in [-0.2, 0) is 0 Å². The molecule has 1 unspecified atom stereocenters. The van der Waals surface area contributed by atoms with Gasteiger partial charge in [0.15, 0.2) is 0 Å². The Kier molecular flexibility index (Phi) is 3.96. The summed E-state index contributed by atoms with van der Waals surface area (Å²) >= 11 is 0. The third-order valence-corrected chi connectivity index (χ3v) is 3.83. The lowest BCUT2D eigenvalue weighted by Crippen LogP contribution is -2.32. The van der Waals surface area contributed by atoms with Crippen LogP contribution in [0, 0.1) is 16.7 Å². The SMILES string of the molecule is CC(C)(C)C1=C(C(C)(C)C)CC(C(F)(F)F)CC1. The van der Waals surface area contributed by atoms with E-state index in [4.69, 9.17) is 0 Å². The molecule has 0 radical (unpaired) electrons. The van der Waals surface area contributed by atoms with E-state index < -0.39 is 12.1 Å². The first-order valence-electron chi connectivity index (χ1n) is 6.63. The van der Waals surface area contributed by atoms with Gasteiger partial charge in [0.1, 0.15) is 0 Å². The summed E-state index contributed by atoms with van der Waals surface area (Å²) in [7, 11) is 0. The van der Waals surface area contributed by atoms with Gasteiger partial charge < -0.3 is 0 Å². The molecule has 0 aliphatic heterocycles. The van der Waals surface area contributed by atoms with Crippen LogP contribution < -0.4 is 0 Å². The molecule has 0 bridgehead atoms. The number of allylic oxidation sites excluding steroid dienone is 2. The van der Waals surface area contributed by atoms with E-state index in [1.54, 1.807) is 0 Å². The van der Waals surface area contributed by atoms with Crippen molar-refractivity contribution in [2.75, 3.05) is 0 Å². The molecule has 0 spiro atoms. The first-order chi connectivity index (χ1) is 7.83. The van der Waals surface area contributed by atoms with Crippen molar-refractivity contribution in [3.63, 3.8) is 0 Å². The molecule has 0 heterocycles. The molecule has 1 rings (SSSR count). The van der Waals surface area contributed by atoms with Crippen molar-refractivity contribution in [1.29, 1.82) is 0 Å². The molecule has 0 aromatic rings. The first-order valence-corrected chi connectivity index (χ1v) is 6.63. The van der Waals surface area contributed by atoms with Crippen LogP contribution in [0.3, 0.4) is 0 Å². The molecule has 0 amide bonds. The van der Waals surface area contributed by atoms with Crippen molar-refractivity contribution in [2.24, 2.45) is 16.7 Å². The van der Waals surface area contributed by atoms with Crippen molar-refractivity contribution in [3.8, 4) is 0 Å². The minimum Gasteiger partial charge on any atom is -0.171 e. The van der Waals surface area contributed by atoms with Gasteiger partial charge in [0.05, 0.1) is 5.92 Å². The van der Waals surface area contributed by atoms with E-state index in [9.17, 15) is 13.2 Å². The van der Waals surface area contributed by atoms with Gasteiger partial charge in [-0.1, -0.05) is 52.7 Å². The predicted molar refractivity (Wildman–Crippen MR) is 69.3 cm³/mol. The standard InChI is InChI=1S/C15H25F3/c1-13(2,3)11-8-7-10(15(16,17)18)9-12(11)14(4,5)6/h10H,7-9H2,1-6H3. The van der Waals surface area contributed by atoms with Gasteiger partial charge in [0.2, 0.25) is 0 Å². The molecular weight excluding hydrogens is 237 g/mol. The van der Waals surface area contributed by atoms with Gasteiger partial charge in [0, 0.05) is 0 Å². The summed E-state index contributed by atoms with van der Waals surface area (Å²) in [6.45, 7) is 12.4. The monoisotopic (exact) mass is 262 g/mol. The normalized spacial score (nSPS) is 23.5. The summed E-state index contributed by atoms with van der Waals surface area (Å²) in [5.74, 6) is -1.15. The molecule has 0 saturated carbocycles. The second-order valence-electron chi connectivity index (χ2n) is 7.44. The van der Waals surface area contributed by atoms with Gasteiger partial charge in [-0.2, -0.15) is 13.2 Å². The fourth-order valence-corrected chi connectivity index (χ4v) is 2.81. The molecule has 1 aliphatic rings. The molecule has 18 heavy (non-hydrogen) atoms. The van der Waals surface area contributed by atoms with E-state index in [0.29, 0.717) is 6.42 Å². The Labute approximate surface area is 109 Å². The number of hydrogen-bond acceptors (Lipinski definition) is 0. The molecule has 0 fully saturated rings. The van der Waals surface area contributed by atoms with Gasteiger partial charge in [-0.05, 0) is 30.1 Å². The van der Waals surface area contributed by atoms with Crippen LogP contribution in [0.1, 0.15) is 60.8 Å². The second-order valence-corrected chi connectivity index (χ2v) is 7.44. The second kappa shape index (κ2) is 4.57. The molecule has 106 valence electrons. The average Bonchev–Trinajstić information content (AvgIpc) is 2.12. The van der Waals surface area contributed by atoms with Crippen molar-refractivity contribution < 1.29 is 13.2 Å². The van der Waals surface area contributed by atoms with Crippen LogP contribution in [0.4, 0.5) is 13.2 Å². The van der Waals surface area contributed by atoms with E-state index in [1.165, 1.54) is 5.57 Å². The Morgan fingerprint density at radius 1 is 0.833 bits per heavy atom. The Morgan fingerprint density at radius 2 is 1.28 bits per heavy atom. The molecule has 3 heteroatoms. The molecule has 0 nitrogen and oxygen atoms in total. The fraction of sp³-hybridized carbons (Fsp3) is 0.867. The highest BCUT2D eigenvalue weighted by molar-refractivity contribution is 5.28. The fourth-order valence-electron chi connectivity index (χ4n) is 2.81. The largest absolute Gasteiger partial charge is 0.392 e. The summed E-state index contributed by atoms with van der Waals surface area (Å²) in [5, 5.41) is 0. The summed E-state index contributed by atoms with van der Waals surface area (Å²) in [4.78, 5) is 0. The van der Waals surface area contributed by atoms with E-state index in [0.717, 1.165) is 5.57 Å². The maximum Gasteiger partial charge on any atom is 0.392 e. The highest BCUT2D eigenvalue weighted by Crippen LogP contribution is 2.49. The molecule has 0 aromatic carbocycles. The number of alkyl halides is 3. The highest BCUT2D eigenvalue weighted by atomic mass is 19.4. The van der Waals surface area contributed by atoms with Gasteiger partial charge in [-0.25, -0.2) is 0 Å². The zero-order valence-corrected chi connectivity index (χ0v) is 12.3. The van der Waals surface area contributed by atoms with Crippen molar-refractivity contribution >= 4 is 0 Å². The molecule has 1 aliphatic carbocycles. The molecular formula is C15H25F3. The van der Waals surface area contributed by atoms with Gasteiger partial charge in [-0.15, -0.1) is 0 Å². The summed E-state index contributed by atoms with van der Waals surface area (Å²) in [6, 6.07) is 0. The van der Waals surface area contributed by atoms with Crippen LogP contribution in [-0.4, -0.2) is 6.18 Å². The third-order valence-electron chi connectivity index (χ3n) is 3.83. The Hall–Kier alpha value is -0.470. The van der Waals surface area contributed by atoms with Crippen molar-refractivity contribution in [2.45, 2.75) is 67.0 Å². The lowest BCUT2D eigenvalue weighted by atomic mass is 9.67. The summed E-state index contributed by atoms with van der Waals surface area (Å²) < 4.78 is 38.7. The molecule has 0 N–H and O–H groups in total. The number of halogens is 3. The molecule has 1 atom stereocenters. The van der Waals surface area contributed by atoms with E-state index in [2.05, 4.69) is 20.8 Å². The zero-order valence-electron chi connectivity index (χ0n) is 12.3. The van der Waals surface area contributed by atoms with Gasteiger partial charge >= 0.3 is 6.18 Å². The topological polar surface area (TPSA) is 0 Å². The van der Waals surface area contributed by atoms with E-state index in [1.807, 2.05) is 20.8 Å². The highest BCUT2D eigenvalue weighted by Gasteiger charge is 2.44. The predicted octanol–water partition coefficient (Wildman–Crippen LogP) is 5.74. The Bertz CT molecular complexity index is 334. The van der Waals surface area contributed by atoms with E-state index >= 15 is 0 Å². The minimum atomic E-state index is -4.06. The minimum absolute atomic E-state index is 0.0286.